The lowest BCUT2D eigenvalue weighted by molar-refractivity contribution is -0.140. The number of likely N-dealkylation sites (tertiary alicyclic amines) is 1. The zero-order valence-electron chi connectivity index (χ0n) is 16.5. The Morgan fingerprint density at radius 1 is 0.967 bits per heavy atom. The zero-order valence-corrected chi connectivity index (χ0v) is 16.5. The van der Waals surface area contributed by atoms with Gasteiger partial charge in [-0.05, 0) is 49.3 Å². The first-order valence-electron chi connectivity index (χ1n) is 10.7. The van der Waals surface area contributed by atoms with E-state index < -0.39 is 0 Å². The molecule has 2 bridgehead atoms. The van der Waals surface area contributed by atoms with Crippen LogP contribution in [0.15, 0.2) is 46.9 Å². The van der Waals surface area contributed by atoms with Gasteiger partial charge in [0.2, 0.25) is 17.7 Å². The molecule has 6 rings (SSSR count). The molecule has 3 aromatic rings. The Labute approximate surface area is 173 Å². The number of nitrogens with zero attached hydrogens (tertiary/aromatic N) is 1. The predicted molar refractivity (Wildman–Crippen MR) is 111 cm³/mol. The van der Waals surface area contributed by atoms with E-state index in [1.807, 2.05) is 42.5 Å². The van der Waals surface area contributed by atoms with Crippen molar-refractivity contribution in [2.75, 3.05) is 11.9 Å². The van der Waals surface area contributed by atoms with E-state index >= 15 is 0 Å². The van der Waals surface area contributed by atoms with E-state index in [1.165, 1.54) is 4.90 Å². The van der Waals surface area contributed by atoms with Crippen LogP contribution < -0.4 is 5.32 Å². The van der Waals surface area contributed by atoms with E-state index in [-0.39, 0.29) is 42.5 Å². The summed E-state index contributed by atoms with van der Waals surface area (Å²) in [7, 11) is 0. The van der Waals surface area contributed by atoms with E-state index in [0.717, 1.165) is 35.6 Å². The Hall–Kier alpha value is -3.15. The normalized spacial score (nSPS) is 27.4. The second-order valence-corrected chi connectivity index (χ2v) is 8.82. The van der Waals surface area contributed by atoms with Gasteiger partial charge in [0.1, 0.15) is 11.2 Å². The van der Waals surface area contributed by atoms with Crippen LogP contribution in [0.2, 0.25) is 0 Å². The number of anilines is 1. The van der Waals surface area contributed by atoms with Crippen LogP contribution in [0.25, 0.3) is 21.9 Å². The molecule has 1 saturated heterocycles. The number of carbonyl (C=O) groups is 3. The molecule has 1 N–H and O–H groups in total. The zero-order chi connectivity index (χ0) is 20.4. The molecule has 4 unspecified atom stereocenters. The van der Waals surface area contributed by atoms with Gasteiger partial charge >= 0.3 is 0 Å². The number of rotatable bonds is 4. The number of benzene rings is 2. The Kier molecular flexibility index (Phi) is 3.79. The summed E-state index contributed by atoms with van der Waals surface area (Å²) < 4.78 is 5.86. The maximum absolute atomic E-state index is 12.8. The van der Waals surface area contributed by atoms with Crippen molar-refractivity contribution in [2.24, 2.45) is 23.7 Å². The summed E-state index contributed by atoms with van der Waals surface area (Å²) in [5.74, 6) is 0.134. The highest BCUT2D eigenvalue weighted by Crippen LogP contribution is 2.56. The summed E-state index contributed by atoms with van der Waals surface area (Å²) in [4.78, 5) is 39.3. The fraction of sp³-hybridized carbons (Fsp3) is 0.375. The molecule has 1 aliphatic heterocycles. The third-order valence-electron chi connectivity index (χ3n) is 7.24. The van der Waals surface area contributed by atoms with Crippen LogP contribution in [0.4, 0.5) is 5.69 Å². The molecule has 2 saturated carbocycles. The van der Waals surface area contributed by atoms with Crippen LogP contribution in [0, 0.1) is 23.7 Å². The van der Waals surface area contributed by atoms with Gasteiger partial charge in [0.15, 0.2) is 0 Å². The fourth-order valence-corrected chi connectivity index (χ4v) is 5.93. The van der Waals surface area contributed by atoms with Crippen molar-refractivity contribution in [1.82, 2.24) is 4.90 Å². The number of amides is 3. The Balaban J connectivity index is 1.14. The van der Waals surface area contributed by atoms with Gasteiger partial charge < -0.3 is 9.73 Å². The lowest BCUT2D eigenvalue weighted by atomic mass is 9.81. The van der Waals surface area contributed by atoms with Gasteiger partial charge in [0, 0.05) is 35.5 Å². The first-order valence-corrected chi connectivity index (χ1v) is 10.7. The molecule has 2 aromatic carbocycles. The monoisotopic (exact) mass is 402 g/mol. The molecule has 6 nitrogen and oxygen atoms in total. The van der Waals surface area contributed by atoms with Crippen molar-refractivity contribution < 1.29 is 18.8 Å². The highest BCUT2D eigenvalue weighted by molar-refractivity contribution is 6.07. The summed E-state index contributed by atoms with van der Waals surface area (Å²) in [6.07, 6.45) is 3.24. The smallest absolute Gasteiger partial charge is 0.233 e. The summed E-state index contributed by atoms with van der Waals surface area (Å²) in [5, 5.41) is 4.90. The first-order chi connectivity index (χ1) is 14.6. The number of imide groups is 1. The highest BCUT2D eigenvalue weighted by atomic mass is 16.3. The van der Waals surface area contributed by atoms with Crippen LogP contribution in [0.3, 0.4) is 0 Å². The van der Waals surface area contributed by atoms with Gasteiger partial charge in [0.05, 0.1) is 11.8 Å². The van der Waals surface area contributed by atoms with E-state index in [1.54, 1.807) is 0 Å². The minimum absolute atomic E-state index is 0.0614. The summed E-state index contributed by atoms with van der Waals surface area (Å²) in [6, 6.07) is 13.4. The van der Waals surface area contributed by atoms with Crippen molar-refractivity contribution in [2.45, 2.75) is 25.7 Å². The standard InChI is InChI=1S/C24H22N2O4/c27-20(9-10-26-23(28)21-13-5-6-14(11-13)22(21)24(26)29)25-15-7-8-17-16-3-1-2-4-18(16)30-19(17)12-15/h1-4,7-8,12-14,21-22H,5-6,9-11H2,(H,25,27). The second kappa shape index (κ2) is 6.42. The molecule has 2 aliphatic carbocycles. The third-order valence-corrected chi connectivity index (χ3v) is 7.24. The van der Waals surface area contributed by atoms with Crippen LogP contribution in [0.5, 0.6) is 0 Å². The Bertz CT molecular complexity index is 1180. The molecule has 0 radical (unpaired) electrons. The average Bonchev–Trinajstić information content (AvgIpc) is 3.49. The minimum atomic E-state index is -0.217. The van der Waals surface area contributed by atoms with Crippen molar-refractivity contribution in [3.8, 4) is 0 Å². The Morgan fingerprint density at radius 3 is 2.43 bits per heavy atom. The van der Waals surface area contributed by atoms with E-state index in [9.17, 15) is 14.4 Å². The molecule has 1 aromatic heterocycles. The van der Waals surface area contributed by atoms with Gasteiger partial charge in [0.25, 0.3) is 0 Å². The Morgan fingerprint density at radius 2 is 1.67 bits per heavy atom. The molecule has 2 heterocycles. The number of fused-ring (bicyclic) bond motifs is 8. The van der Waals surface area contributed by atoms with Crippen molar-refractivity contribution in [1.29, 1.82) is 0 Å². The molecule has 6 heteroatoms. The van der Waals surface area contributed by atoms with Crippen LogP contribution >= 0.6 is 0 Å². The van der Waals surface area contributed by atoms with Gasteiger partial charge in [-0.1, -0.05) is 18.2 Å². The average molecular weight is 402 g/mol. The topological polar surface area (TPSA) is 79.6 Å². The molecular weight excluding hydrogens is 380 g/mol. The maximum atomic E-state index is 12.8. The number of furan rings is 1. The lowest BCUT2D eigenvalue weighted by Crippen LogP contribution is -2.35. The summed E-state index contributed by atoms with van der Waals surface area (Å²) >= 11 is 0. The quantitative estimate of drug-likeness (QED) is 0.670. The lowest BCUT2D eigenvalue weighted by Gasteiger charge is -2.19. The SMILES string of the molecule is O=C(CCN1C(=O)C2C3CCC(C3)C2C1=O)Nc1ccc2c(c1)oc1ccccc12. The number of para-hydroxylation sites is 1. The number of nitrogens with one attached hydrogen (secondary N) is 1. The summed E-state index contributed by atoms with van der Waals surface area (Å²) in [5.41, 5.74) is 2.16. The summed E-state index contributed by atoms with van der Waals surface area (Å²) in [6.45, 7) is 0.156. The molecular formula is C24H22N2O4. The fourth-order valence-electron chi connectivity index (χ4n) is 5.93. The van der Waals surface area contributed by atoms with Gasteiger partial charge in [-0.15, -0.1) is 0 Å². The number of carbonyl (C=O) groups excluding carboxylic acids is 3. The van der Waals surface area contributed by atoms with Crippen LogP contribution in [0.1, 0.15) is 25.7 Å². The molecule has 152 valence electrons. The molecule has 3 amide bonds. The first kappa shape index (κ1) is 17.7. The molecule has 3 fully saturated rings. The maximum Gasteiger partial charge on any atom is 0.233 e. The molecule has 4 atom stereocenters. The highest BCUT2D eigenvalue weighted by Gasteiger charge is 2.60. The molecule has 0 spiro atoms. The van der Waals surface area contributed by atoms with Crippen molar-refractivity contribution >= 4 is 45.3 Å². The minimum Gasteiger partial charge on any atom is -0.456 e. The molecule has 30 heavy (non-hydrogen) atoms. The number of hydrogen-bond donors (Lipinski definition) is 1. The second-order valence-electron chi connectivity index (χ2n) is 8.82. The van der Waals surface area contributed by atoms with E-state index in [2.05, 4.69) is 5.32 Å². The third kappa shape index (κ3) is 2.52. The number of hydrogen-bond acceptors (Lipinski definition) is 4. The van der Waals surface area contributed by atoms with Gasteiger partial charge in [-0.25, -0.2) is 0 Å². The predicted octanol–water partition coefficient (Wildman–Crippen LogP) is 3.95. The van der Waals surface area contributed by atoms with Crippen LogP contribution in [-0.2, 0) is 14.4 Å². The largest absolute Gasteiger partial charge is 0.456 e. The van der Waals surface area contributed by atoms with Crippen molar-refractivity contribution in [3.63, 3.8) is 0 Å². The van der Waals surface area contributed by atoms with Crippen LogP contribution in [-0.4, -0.2) is 29.2 Å². The van der Waals surface area contributed by atoms with Gasteiger partial charge in [-0.2, -0.15) is 0 Å². The van der Waals surface area contributed by atoms with E-state index in [4.69, 9.17) is 4.42 Å². The molecule has 3 aliphatic rings. The van der Waals surface area contributed by atoms with E-state index in [0.29, 0.717) is 23.1 Å². The van der Waals surface area contributed by atoms with Gasteiger partial charge in [-0.3, -0.25) is 19.3 Å². The van der Waals surface area contributed by atoms with Crippen molar-refractivity contribution in [3.05, 3.63) is 42.5 Å².